The third-order valence-electron chi connectivity index (χ3n) is 1.96. The molecule has 7 heteroatoms. The molecule has 0 aliphatic heterocycles. The maximum Gasteiger partial charge on any atom is 0.323 e. The lowest BCUT2D eigenvalue weighted by Crippen LogP contribution is -2.40. The number of anilines is 1. The van der Waals surface area contributed by atoms with Crippen molar-refractivity contribution in [3.05, 3.63) is 5.51 Å². The van der Waals surface area contributed by atoms with E-state index in [2.05, 4.69) is 15.5 Å². The summed E-state index contributed by atoms with van der Waals surface area (Å²) >= 11 is 1.28. The maximum atomic E-state index is 11.6. The van der Waals surface area contributed by atoms with Crippen molar-refractivity contribution < 1.29 is 9.53 Å². The van der Waals surface area contributed by atoms with Gasteiger partial charge in [-0.15, -0.1) is 10.2 Å². The number of carbonyl (C=O) groups is 1. The number of nitrogens with one attached hydrogen (secondary N) is 1. The highest BCUT2D eigenvalue weighted by atomic mass is 32.1. The minimum Gasteiger partial charge on any atom is -0.383 e. The Balaban J connectivity index is 2.46. The van der Waals surface area contributed by atoms with E-state index in [0.717, 1.165) is 0 Å². The highest BCUT2D eigenvalue weighted by molar-refractivity contribution is 7.13. The van der Waals surface area contributed by atoms with Gasteiger partial charge in [-0.3, -0.25) is 5.32 Å². The first-order valence-corrected chi connectivity index (χ1v) is 5.32. The molecule has 1 atom stereocenters. The molecule has 0 bridgehead atoms. The molecule has 0 unspecified atom stereocenters. The standard InChI is InChI=1S/C8H14N4O2S/c1-6(4-14-3)12(2)8(13)10-7-11-9-5-15-7/h5-6H,4H2,1-3H3,(H,10,11,13)/t6-/m1/s1. The highest BCUT2D eigenvalue weighted by Crippen LogP contribution is 2.09. The summed E-state index contributed by atoms with van der Waals surface area (Å²) in [5.41, 5.74) is 1.56. The van der Waals surface area contributed by atoms with Gasteiger partial charge in [-0.2, -0.15) is 0 Å². The zero-order valence-corrected chi connectivity index (χ0v) is 9.74. The van der Waals surface area contributed by atoms with Crippen LogP contribution >= 0.6 is 11.3 Å². The van der Waals surface area contributed by atoms with E-state index in [4.69, 9.17) is 4.74 Å². The number of hydrogen-bond donors (Lipinski definition) is 1. The quantitative estimate of drug-likeness (QED) is 0.839. The van der Waals surface area contributed by atoms with E-state index >= 15 is 0 Å². The molecule has 1 aromatic rings. The average Bonchev–Trinajstić information content (AvgIpc) is 2.69. The normalized spacial score (nSPS) is 12.2. The molecule has 6 nitrogen and oxygen atoms in total. The molecular formula is C8H14N4O2S. The van der Waals surface area contributed by atoms with Crippen molar-refractivity contribution in [2.24, 2.45) is 0 Å². The largest absolute Gasteiger partial charge is 0.383 e. The van der Waals surface area contributed by atoms with Crippen molar-refractivity contribution in [1.29, 1.82) is 0 Å². The Hall–Kier alpha value is -1.21. The second-order valence-electron chi connectivity index (χ2n) is 3.09. The topological polar surface area (TPSA) is 67.3 Å². The Morgan fingerprint density at radius 2 is 2.53 bits per heavy atom. The Morgan fingerprint density at radius 3 is 3.07 bits per heavy atom. The SMILES string of the molecule is COC[C@@H](C)N(C)C(=O)Nc1nncs1. The lowest BCUT2D eigenvalue weighted by molar-refractivity contribution is 0.128. The van der Waals surface area contributed by atoms with Crippen LogP contribution in [-0.4, -0.2) is 47.9 Å². The zero-order chi connectivity index (χ0) is 11.3. The number of likely N-dealkylation sites (N-methyl/N-ethyl adjacent to an activating group) is 1. The zero-order valence-electron chi connectivity index (χ0n) is 8.93. The lowest BCUT2D eigenvalue weighted by atomic mass is 10.3. The van der Waals surface area contributed by atoms with E-state index in [1.807, 2.05) is 6.92 Å². The van der Waals surface area contributed by atoms with Crippen LogP contribution in [0.25, 0.3) is 0 Å². The lowest BCUT2D eigenvalue weighted by Gasteiger charge is -2.23. The number of rotatable bonds is 4. The molecule has 0 aliphatic carbocycles. The maximum absolute atomic E-state index is 11.6. The van der Waals surface area contributed by atoms with Crippen LogP contribution in [0.3, 0.4) is 0 Å². The fourth-order valence-electron chi connectivity index (χ4n) is 0.960. The third-order valence-corrected chi connectivity index (χ3v) is 2.57. The van der Waals surface area contributed by atoms with Crippen molar-refractivity contribution in [3.63, 3.8) is 0 Å². The predicted molar refractivity (Wildman–Crippen MR) is 58.0 cm³/mol. The Kier molecular flexibility index (Phi) is 4.44. The van der Waals surface area contributed by atoms with Crippen molar-refractivity contribution in [1.82, 2.24) is 15.1 Å². The van der Waals surface area contributed by atoms with E-state index < -0.39 is 0 Å². The number of nitrogens with zero attached hydrogens (tertiary/aromatic N) is 3. The predicted octanol–water partition coefficient (Wildman–Crippen LogP) is 1.04. The van der Waals surface area contributed by atoms with Gasteiger partial charge in [0.2, 0.25) is 5.13 Å². The second kappa shape index (κ2) is 5.62. The van der Waals surface area contributed by atoms with Gasteiger partial charge >= 0.3 is 6.03 Å². The Labute approximate surface area is 92.3 Å². The Bertz CT molecular complexity index is 304. The van der Waals surface area contributed by atoms with Crippen LogP contribution in [0.2, 0.25) is 0 Å². The minimum absolute atomic E-state index is 0.0166. The summed E-state index contributed by atoms with van der Waals surface area (Å²) in [6, 6.07) is -0.195. The summed E-state index contributed by atoms with van der Waals surface area (Å²) in [6.07, 6.45) is 0. The molecule has 1 N–H and O–H groups in total. The van der Waals surface area contributed by atoms with Crippen LogP contribution in [-0.2, 0) is 4.74 Å². The summed E-state index contributed by atoms with van der Waals surface area (Å²) in [4.78, 5) is 13.2. The number of urea groups is 1. The molecule has 2 amide bonds. The number of carbonyl (C=O) groups excluding carboxylic acids is 1. The van der Waals surface area contributed by atoms with Crippen LogP contribution in [0.5, 0.6) is 0 Å². The highest BCUT2D eigenvalue weighted by Gasteiger charge is 2.16. The van der Waals surface area contributed by atoms with Crippen molar-refractivity contribution in [2.45, 2.75) is 13.0 Å². The first kappa shape index (κ1) is 11.9. The Morgan fingerprint density at radius 1 is 1.80 bits per heavy atom. The van der Waals surface area contributed by atoms with E-state index in [0.29, 0.717) is 11.7 Å². The average molecular weight is 230 g/mol. The number of hydrogen-bond acceptors (Lipinski definition) is 5. The van der Waals surface area contributed by atoms with Gasteiger partial charge < -0.3 is 9.64 Å². The van der Waals surface area contributed by atoms with E-state index in [9.17, 15) is 4.79 Å². The molecule has 0 radical (unpaired) electrons. The third kappa shape index (κ3) is 3.45. The molecule has 0 spiro atoms. The van der Waals surface area contributed by atoms with Gasteiger partial charge in [0.1, 0.15) is 5.51 Å². The molecule has 0 saturated carbocycles. The van der Waals surface area contributed by atoms with Gasteiger partial charge in [0.05, 0.1) is 12.6 Å². The van der Waals surface area contributed by atoms with Gasteiger partial charge in [-0.1, -0.05) is 11.3 Å². The molecule has 1 aromatic heterocycles. The summed E-state index contributed by atoms with van der Waals surface area (Å²) in [7, 11) is 3.31. The number of methoxy groups -OCH3 is 1. The molecule has 15 heavy (non-hydrogen) atoms. The van der Waals surface area contributed by atoms with Crippen LogP contribution in [0, 0.1) is 0 Å². The van der Waals surface area contributed by atoms with Gasteiger partial charge in [0, 0.05) is 14.2 Å². The minimum atomic E-state index is -0.212. The van der Waals surface area contributed by atoms with E-state index in [1.165, 1.54) is 11.3 Å². The summed E-state index contributed by atoms with van der Waals surface area (Å²) in [5.74, 6) is 0. The smallest absolute Gasteiger partial charge is 0.323 e. The van der Waals surface area contributed by atoms with Crippen LogP contribution in [0.1, 0.15) is 6.92 Å². The van der Waals surface area contributed by atoms with Crippen molar-refractivity contribution in [3.8, 4) is 0 Å². The first-order chi connectivity index (χ1) is 7.15. The summed E-state index contributed by atoms with van der Waals surface area (Å²) in [6.45, 7) is 2.41. The van der Waals surface area contributed by atoms with E-state index in [1.54, 1.807) is 24.6 Å². The molecule has 1 rings (SSSR count). The van der Waals surface area contributed by atoms with Gasteiger partial charge in [0.15, 0.2) is 0 Å². The first-order valence-electron chi connectivity index (χ1n) is 4.44. The number of ether oxygens (including phenoxy) is 1. The molecule has 0 fully saturated rings. The molecule has 1 heterocycles. The van der Waals surface area contributed by atoms with Crippen LogP contribution < -0.4 is 5.32 Å². The van der Waals surface area contributed by atoms with Gasteiger partial charge in [0.25, 0.3) is 0 Å². The second-order valence-corrected chi connectivity index (χ2v) is 3.92. The van der Waals surface area contributed by atoms with Crippen molar-refractivity contribution >= 4 is 22.5 Å². The monoisotopic (exact) mass is 230 g/mol. The molecule has 0 aliphatic rings. The molecule has 84 valence electrons. The molecule has 0 saturated heterocycles. The van der Waals surface area contributed by atoms with Crippen molar-refractivity contribution in [2.75, 3.05) is 26.1 Å². The molecular weight excluding hydrogens is 216 g/mol. The summed E-state index contributed by atoms with van der Waals surface area (Å²) in [5, 5.41) is 10.5. The molecule has 0 aromatic carbocycles. The number of aromatic nitrogens is 2. The van der Waals surface area contributed by atoms with Gasteiger partial charge in [-0.05, 0) is 6.92 Å². The summed E-state index contributed by atoms with van der Waals surface area (Å²) < 4.78 is 4.96. The number of amides is 2. The van der Waals surface area contributed by atoms with Crippen LogP contribution in [0.15, 0.2) is 5.51 Å². The van der Waals surface area contributed by atoms with Gasteiger partial charge in [-0.25, -0.2) is 4.79 Å². The van der Waals surface area contributed by atoms with Crippen LogP contribution in [0.4, 0.5) is 9.93 Å². The fraction of sp³-hybridized carbons (Fsp3) is 0.625. The van der Waals surface area contributed by atoms with E-state index in [-0.39, 0.29) is 12.1 Å². The fourth-order valence-corrected chi connectivity index (χ4v) is 1.40.